The molecule has 1 aromatic rings. The second-order valence-electron chi connectivity index (χ2n) is 6.67. The van der Waals surface area contributed by atoms with Crippen LogP contribution in [0.5, 0.6) is 5.75 Å². The van der Waals surface area contributed by atoms with Gasteiger partial charge in [0.2, 0.25) is 5.91 Å². The number of para-hydroxylation sites is 1. The van der Waals surface area contributed by atoms with Crippen molar-refractivity contribution in [3.63, 3.8) is 0 Å². The Morgan fingerprint density at radius 3 is 2.71 bits per heavy atom. The van der Waals surface area contributed by atoms with Gasteiger partial charge in [0.05, 0.1) is 12.9 Å². The molecule has 0 saturated carbocycles. The number of ether oxygens (including phenoxy) is 1. The lowest BCUT2D eigenvalue weighted by Crippen LogP contribution is -2.44. The molecule has 1 amide bonds. The van der Waals surface area contributed by atoms with E-state index in [4.69, 9.17) is 4.74 Å². The number of thioether (sulfide) groups is 1. The van der Waals surface area contributed by atoms with Crippen molar-refractivity contribution < 1.29 is 9.53 Å². The number of carbonyl (C=O) groups is 1. The zero-order chi connectivity index (χ0) is 16.8. The van der Waals surface area contributed by atoms with Crippen LogP contribution in [0.3, 0.4) is 0 Å². The van der Waals surface area contributed by atoms with Crippen LogP contribution in [0.1, 0.15) is 32.1 Å². The summed E-state index contributed by atoms with van der Waals surface area (Å²) in [6.07, 6.45) is 6.24. The molecule has 2 aliphatic rings. The van der Waals surface area contributed by atoms with Crippen LogP contribution in [0.25, 0.3) is 0 Å². The van der Waals surface area contributed by atoms with Gasteiger partial charge in [-0.15, -0.1) is 11.8 Å². The first-order valence-electron chi connectivity index (χ1n) is 9.05. The highest BCUT2D eigenvalue weighted by Crippen LogP contribution is 2.29. The van der Waals surface area contributed by atoms with Gasteiger partial charge in [0.25, 0.3) is 0 Å². The summed E-state index contributed by atoms with van der Waals surface area (Å²) in [4.78, 5) is 18.5. The predicted octanol–water partition coefficient (Wildman–Crippen LogP) is 3.26. The van der Waals surface area contributed by atoms with E-state index in [9.17, 15) is 4.79 Å². The van der Waals surface area contributed by atoms with Crippen LogP contribution in [-0.2, 0) is 4.79 Å². The summed E-state index contributed by atoms with van der Waals surface area (Å²) in [6.45, 7) is 4.24. The molecule has 24 heavy (non-hydrogen) atoms. The Hall–Kier alpha value is -1.20. The number of rotatable bonds is 5. The summed E-state index contributed by atoms with van der Waals surface area (Å²) in [5.41, 5.74) is 0. The first-order chi connectivity index (χ1) is 11.8. The van der Waals surface area contributed by atoms with Gasteiger partial charge >= 0.3 is 0 Å². The highest BCUT2D eigenvalue weighted by atomic mass is 32.2. The minimum atomic E-state index is 0.261. The molecule has 0 aromatic heterocycles. The molecule has 2 fully saturated rings. The van der Waals surface area contributed by atoms with E-state index < -0.39 is 0 Å². The summed E-state index contributed by atoms with van der Waals surface area (Å²) in [7, 11) is 1.68. The molecule has 0 spiro atoms. The molecule has 1 aromatic carbocycles. The molecule has 2 saturated heterocycles. The maximum atomic E-state index is 12.7. The van der Waals surface area contributed by atoms with Gasteiger partial charge in [-0.2, -0.15) is 0 Å². The predicted molar refractivity (Wildman–Crippen MR) is 98.7 cm³/mol. The Labute approximate surface area is 149 Å². The summed E-state index contributed by atoms with van der Waals surface area (Å²) in [5.74, 6) is 1.60. The second-order valence-corrected chi connectivity index (χ2v) is 7.69. The van der Waals surface area contributed by atoms with Crippen LogP contribution >= 0.6 is 11.8 Å². The van der Waals surface area contributed by atoms with Crippen molar-refractivity contribution in [1.29, 1.82) is 0 Å². The fourth-order valence-corrected chi connectivity index (χ4v) is 4.65. The number of hydrogen-bond donors (Lipinski definition) is 0. The summed E-state index contributed by atoms with van der Waals surface area (Å²) < 4.78 is 5.38. The largest absolute Gasteiger partial charge is 0.496 e. The molecule has 0 radical (unpaired) electrons. The number of benzene rings is 1. The van der Waals surface area contributed by atoms with E-state index >= 15 is 0 Å². The molecule has 0 bridgehead atoms. The molecule has 132 valence electrons. The van der Waals surface area contributed by atoms with Gasteiger partial charge in [-0.3, -0.25) is 9.69 Å². The van der Waals surface area contributed by atoms with Crippen molar-refractivity contribution in [3.8, 4) is 5.75 Å². The Morgan fingerprint density at radius 2 is 1.92 bits per heavy atom. The van der Waals surface area contributed by atoms with Gasteiger partial charge in [0.15, 0.2) is 0 Å². The smallest absolute Gasteiger partial charge is 0.232 e. The standard InChI is InChI=1S/C19H28N2O2S/c1-23-17-9-2-3-10-18(17)24-15-19(22)21-13-5-4-8-16(14-21)20-11-6-7-12-20/h2-3,9-10,16H,4-8,11-15H2,1H3. The van der Waals surface area contributed by atoms with E-state index in [-0.39, 0.29) is 5.91 Å². The molecule has 5 heteroatoms. The maximum absolute atomic E-state index is 12.7. The molecule has 2 aliphatic heterocycles. The summed E-state index contributed by atoms with van der Waals surface area (Å²) in [5, 5.41) is 0. The SMILES string of the molecule is COc1ccccc1SCC(=O)N1CCCCC(N2CCCC2)C1. The van der Waals surface area contributed by atoms with Crippen LogP contribution in [0.2, 0.25) is 0 Å². The van der Waals surface area contributed by atoms with Crippen LogP contribution in [0.4, 0.5) is 0 Å². The van der Waals surface area contributed by atoms with Crippen molar-refractivity contribution in [1.82, 2.24) is 9.80 Å². The topological polar surface area (TPSA) is 32.8 Å². The van der Waals surface area contributed by atoms with Crippen molar-refractivity contribution >= 4 is 17.7 Å². The highest BCUT2D eigenvalue weighted by molar-refractivity contribution is 8.00. The minimum absolute atomic E-state index is 0.261. The van der Waals surface area contributed by atoms with Crippen LogP contribution in [-0.4, -0.2) is 60.8 Å². The molecule has 3 rings (SSSR count). The fraction of sp³-hybridized carbons (Fsp3) is 0.632. The van der Waals surface area contributed by atoms with Crippen molar-refractivity contribution in [2.24, 2.45) is 0 Å². The fourth-order valence-electron chi connectivity index (χ4n) is 3.72. The molecule has 0 aliphatic carbocycles. The number of likely N-dealkylation sites (tertiary alicyclic amines) is 2. The van der Waals surface area contributed by atoms with E-state index in [0.717, 1.165) is 30.2 Å². The molecule has 2 heterocycles. The van der Waals surface area contributed by atoms with Crippen molar-refractivity contribution in [2.75, 3.05) is 39.0 Å². The van der Waals surface area contributed by atoms with Crippen molar-refractivity contribution in [3.05, 3.63) is 24.3 Å². The van der Waals surface area contributed by atoms with Gasteiger partial charge in [0.1, 0.15) is 5.75 Å². The lowest BCUT2D eigenvalue weighted by atomic mass is 10.1. The van der Waals surface area contributed by atoms with E-state index in [1.54, 1.807) is 18.9 Å². The summed E-state index contributed by atoms with van der Waals surface area (Å²) >= 11 is 1.58. The Morgan fingerprint density at radius 1 is 1.17 bits per heavy atom. The average Bonchev–Trinajstić information content (AvgIpc) is 3.04. The number of nitrogens with zero attached hydrogens (tertiary/aromatic N) is 2. The van der Waals surface area contributed by atoms with Gasteiger partial charge in [-0.05, 0) is 50.9 Å². The average molecular weight is 349 g/mol. The Balaban J connectivity index is 1.56. The first-order valence-corrected chi connectivity index (χ1v) is 10.0. The van der Waals surface area contributed by atoms with E-state index in [1.807, 2.05) is 24.3 Å². The first kappa shape index (κ1) is 17.6. The zero-order valence-electron chi connectivity index (χ0n) is 14.6. The number of amides is 1. The number of carbonyl (C=O) groups excluding carboxylic acids is 1. The second kappa shape index (κ2) is 8.77. The molecule has 4 nitrogen and oxygen atoms in total. The maximum Gasteiger partial charge on any atom is 0.232 e. The Kier molecular flexibility index (Phi) is 6.44. The lowest BCUT2D eigenvalue weighted by Gasteiger charge is -2.30. The zero-order valence-corrected chi connectivity index (χ0v) is 15.4. The molecule has 1 unspecified atom stereocenters. The molecular weight excluding hydrogens is 320 g/mol. The van der Waals surface area contributed by atoms with E-state index in [0.29, 0.717) is 11.8 Å². The van der Waals surface area contributed by atoms with Gasteiger partial charge in [0, 0.05) is 24.0 Å². The van der Waals surface area contributed by atoms with Crippen LogP contribution < -0.4 is 4.74 Å². The third-order valence-corrected chi connectivity index (χ3v) is 6.12. The molecular formula is C19H28N2O2S. The highest BCUT2D eigenvalue weighted by Gasteiger charge is 2.27. The van der Waals surface area contributed by atoms with Crippen LogP contribution in [0, 0.1) is 0 Å². The Bertz CT molecular complexity index is 546. The van der Waals surface area contributed by atoms with E-state index in [2.05, 4.69) is 9.80 Å². The lowest BCUT2D eigenvalue weighted by molar-refractivity contribution is -0.128. The molecule has 0 N–H and O–H groups in total. The van der Waals surface area contributed by atoms with Gasteiger partial charge in [-0.25, -0.2) is 0 Å². The van der Waals surface area contributed by atoms with Crippen LogP contribution in [0.15, 0.2) is 29.2 Å². The quantitative estimate of drug-likeness (QED) is 0.765. The number of hydrogen-bond acceptors (Lipinski definition) is 4. The monoisotopic (exact) mass is 348 g/mol. The normalized spacial score (nSPS) is 22.4. The molecule has 1 atom stereocenters. The van der Waals surface area contributed by atoms with Gasteiger partial charge in [-0.1, -0.05) is 18.6 Å². The van der Waals surface area contributed by atoms with Gasteiger partial charge < -0.3 is 9.64 Å². The number of methoxy groups -OCH3 is 1. The van der Waals surface area contributed by atoms with Crippen molar-refractivity contribution in [2.45, 2.75) is 43.0 Å². The third-order valence-electron chi connectivity index (χ3n) is 5.08. The minimum Gasteiger partial charge on any atom is -0.496 e. The third kappa shape index (κ3) is 4.45. The summed E-state index contributed by atoms with van der Waals surface area (Å²) in [6, 6.07) is 8.48. The van der Waals surface area contributed by atoms with E-state index in [1.165, 1.54) is 38.8 Å².